The Labute approximate surface area is 228 Å². The number of likely N-dealkylation sites (N-methyl/N-ethyl adjacent to an activating group) is 1. The highest BCUT2D eigenvalue weighted by Gasteiger charge is 2.24. The van der Waals surface area contributed by atoms with Crippen LogP contribution in [0.25, 0.3) is 11.3 Å². The summed E-state index contributed by atoms with van der Waals surface area (Å²) in [4.78, 5) is 31.0. The molecule has 0 aliphatic carbocycles. The standard InChI is InChI=1S/C30H32FN7O/c1-3-36-15-17-37(18-16-36)29(31)23-7-10-25(11-8-23)38(21-39)26-9-6-22(2)28(19-26)35-30-33-14-12-27(34-30)24-5-4-13-32-20-24/h4-14,19-21,29H,3,15-18H2,1-2H3,(H,33,34,35). The molecule has 4 aromatic rings. The molecule has 2 aromatic heterocycles. The molecule has 1 aliphatic heterocycles. The fraction of sp³-hybridized carbons (Fsp3) is 0.267. The number of hydrogen-bond acceptors (Lipinski definition) is 7. The minimum Gasteiger partial charge on any atom is -0.324 e. The van der Waals surface area contributed by atoms with Gasteiger partial charge in [-0.2, -0.15) is 0 Å². The molecule has 1 atom stereocenters. The van der Waals surface area contributed by atoms with E-state index in [1.54, 1.807) is 42.9 Å². The van der Waals surface area contributed by atoms with E-state index in [9.17, 15) is 4.79 Å². The highest BCUT2D eigenvalue weighted by Crippen LogP contribution is 2.31. The zero-order valence-electron chi connectivity index (χ0n) is 22.2. The normalized spacial score (nSPS) is 15.1. The maximum absolute atomic E-state index is 15.2. The number of hydrogen-bond donors (Lipinski definition) is 1. The first-order valence-corrected chi connectivity index (χ1v) is 13.1. The van der Waals surface area contributed by atoms with Crippen molar-refractivity contribution in [3.8, 4) is 11.3 Å². The fourth-order valence-electron chi connectivity index (χ4n) is 4.69. The highest BCUT2D eigenvalue weighted by molar-refractivity contribution is 5.88. The predicted molar refractivity (Wildman–Crippen MR) is 152 cm³/mol. The summed E-state index contributed by atoms with van der Waals surface area (Å²) in [6.07, 6.45) is 4.76. The van der Waals surface area contributed by atoms with Crippen molar-refractivity contribution in [2.24, 2.45) is 0 Å². The van der Waals surface area contributed by atoms with Crippen LogP contribution in [0.2, 0.25) is 0 Å². The minimum absolute atomic E-state index is 0.437. The molecular formula is C30H32FN7O. The molecule has 0 spiro atoms. The van der Waals surface area contributed by atoms with Gasteiger partial charge >= 0.3 is 0 Å². The predicted octanol–water partition coefficient (Wildman–Crippen LogP) is 5.49. The summed E-state index contributed by atoms with van der Waals surface area (Å²) in [6, 6.07) is 18.4. The van der Waals surface area contributed by atoms with Crippen molar-refractivity contribution < 1.29 is 9.18 Å². The lowest BCUT2D eigenvalue weighted by molar-refractivity contribution is -0.106. The van der Waals surface area contributed by atoms with E-state index in [2.05, 4.69) is 32.1 Å². The molecule has 1 saturated heterocycles. The number of pyridine rings is 1. The third-order valence-electron chi connectivity index (χ3n) is 7.09. The lowest BCUT2D eigenvalue weighted by atomic mass is 10.1. The second kappa shape index (κ2) is 12.1. The number of piperazine rings is 1. The molecule has 3 heterocycles. The van der Waals surface area contributed by atoms with Gasteiger partial charge in [0.2, 0.25) is 12.4 Å². The molecule has 1 N–H and O–H groups in total. The Morgan fingerprint density at radius 2 is 1.79 bits per heavy atom. The van der Waals surface area contributed by atoms with Crippen LogP contribution in [0.4, 0.5) is 27.4 Å². The molecule has 9 heteroatoms. The summed E-state index contributed by atoms with van der Waals surface area (Å²) >= 11 is 0. The van der Waals surface area contributed by atoms with Crippen LogP contribution in [0.1, 0.15) is 24.3 Å². The Morgan fingerprint density at radius 1 is 1.03 bits per heavy atom. The average Bonchev–Trinajstić information content (AvgIpc) is 3.00. The maximum atomic E-state index is 15.2. The zero-order chi connectivity index (χ0) is 27.2. The number of carbonyl (C=O) groups excluding carboxylic acids is 1. The topological polar surface area (TPSA) is 77.5 Å². The largest absolute Gasteiger partial charge is 0.324 e. The van der Waals surface area contributed by atoms with Crippen molar-refractivity contribution in [3.05, 3.63) is 90.4 Å². The van der Waals surface area contributed by atoms with Gasteiger partial charge in [0.1, 0.15) is 0 Å². The molecule has 8 nitrogen and oxygen atoms in total. The number of benzene rings is 2. The van der Waals surface area contributed by atoms with Crippen LogP contribution in [-0.4, -0.2) is 63.9 Å². The number of alkyl halides is 1. The van der Waals surface area contributed by atoms with Gasteiger partial charge < -0.3 is 10.2 Å². The van der Waals surface area contributed by atoms with Crippen molar-refractivity contribution in [3.63, 3.8) is 0 Å². The number of nitrogens with zero attached hydrogens (tertiary/aromatic N) is 6. The first kappa shape index (κ1) is 26.4. The Balaban J connectivity index is 1.32. The van der Waals surface area contributed by atoms with E-state index in [1.165, 1.54) is 4.90 Å². The van der Waals surface area contributed by atoms with Crippen LogP contribution in [0.3, 0.4) is 0 Å². The third kappa shape index (κ3) is 6.10. The number of carbonyl (C=O) groups is 1. The van der Waals surface area contributed by atoms with E-state index in [0.29, 0.717) is 36.0 Å². The smallest absolute Gasteiger partial charge is 0.227 e. The van der Waals surface area contributed by atoms with Crippen molar-refractivity contribution >= 4 is 29.4 Å². The van der Waals surface area contributed by atoms with Crippen LogP contribution >= 0.6 is 0 Å². The quantitative estimate of drug-likeness (QED) is 0.229. The Hall–Kier alpha value is -4.21. The van der Waals surface area contributed by atoms with Crippen LogP contribution in [0.5, 0.6) is 0 Å². The van der Waals surface area contributed by atoms with Crippen LogP contribution < -0.4 is 10.2 Å². The molecule has 39 heavy (non-hydrogen) atoms. The van der Waals surface area contributed by atoms with Crippen LogP contribution in [0.15, 0.2) is 79.3 Å². The van der Waals surface area contributed by atoms with E-state index in [4.69, 9.17) is 0 Å². The molecular weight excluding hydrogens is 493 g/mol. The number of aromatic nitrogens is 3. The van der Waals surface area contributed by atoms with Crippen molar-refractivity contribution in [2.45, 2.75) is 20.1 Å². The maximum Gasteiger partial charge on any atom is 0.227 e. The van der Waals surface area contributed by atoms with E-state index in [-0.39, 0.29) is 0 Å². The van der Waals surface area contributed by atoms with E-state index in [0.717, 1.165) is 48.6 Å². The number of amides is 1. The summed E-state index contributed by atoms with van der Waals surface area (Å²) < 4.78 is 15.2. The molecule has 5 rings (SSSR count). The van der Waals surface area contributed by atoms with Gasteiger partial charge in [-0.3, -0.25) is 19.6 Å². The van der Waals surface area contributed by atoms with E-state index >= 15 is 4.39 Å². The Kier molecular flexibility index (Phi) is 8.19. The average molecular weight is 526 g/mol. The highest BCUT2D eigenvalue weighted by atomic mass is 19.1. The summed E-state index contributed by atoms with van der Waals surface area (Å²) in [6.45, 7) is 8.23. The number of rotatable bonds is 9. The second-order valence-electron chi connectivity index (χ2n) is 9.50. The summed E-state index contributed by atoms with van der Waals surface area (Å²) in [5.41, 5.74) is 5.30. The molecule has 2 aromatic carbocycles. The van der Waals surface area contributed by atoms with Gasteiger partial charge in [0.15, 0.2) is 6.30 Å². The van der Waals surface area contributed by atoms with Crippen LogP contribution in [-0.2, 0) is 4.79 Å². The van der Waals surface area contributed by atoms with Gasteiger partial charge in [-0.05, 0) is 61.5 Å². The van der Waals surface area contributed by atoms with Crippen LogP contribution in [0, 0.1) is 6.92 Å². The molecule has 0 radical (unpaired) electrons. The summed E-state index contributed by atoms with van der Waals surface area (Å²) in [5.74, 6) is 0.437. The summed E-state index contributed by atoms with van der Waals surface area (Å²) in [7, 11) is 0. The molecule has 0 bridgehead atoms. The van der Waals surface area contributed by atoms with Crippen molar-refractivity contribution in [2.75, 3.05) is 42.9 Å². The molecule has 1 unspecified atom stereocenters. The van der Waals surface area contributed by atoms with Crippen molar-refractivity contribution in [1.29, 1.82) is 0 Å². The van der Waals surface area contributed by atoms with Gasteiger partial charge in [-0.25, -0.2) is 14.4 Å². The van der Waals surface area contributed by atoms with Crippen molar-refractivity contribution in [1.82, 2.24) is 24.8 Å². The number of anilines is 4. The van der Waals surface area contributed by atoms with Gasteiger partial charge in [-0.1, -0.05) is 25.1 Å². The van der Waals surface area contributed by atoms with Gasteiger partial charge in [-0.15, -0.1) is 0 Å². The Bertz CT molecular complexity index is 1390. The molecule has 1 amide bonds. The van der Waals surface area contributed by atoms with E-state index in [1.807, 2.05) is 48.2 Å². The van der Waals surface area contributed by atoms with E-state index < -0.39 is 6.30 Å². The zero-order valence-corrected chi connectivity index (χ0v) is 22.2. The third-order valence-corrected chi connectivity index (χ3v) is 7.09. The minimum atomic E-state index is -1.17. The first-order chi connectivity index (χ1) is 19.1. The second-order valence-corrected chi connectivity index (χ2v) is 9.50. The SMILES string of the molecule is CCN1CCN(C(F)c2ccc(N(C=O)c3ccc(C)c(Nc4nccc(-c5cccnc5)n4)c3)cc2)CC1. The lowest BCUT2D eigenvalue weighted by Crippen LogP contribution is -2.46. The number of nitrogens with one attached hydrogen (secondary N) is 1. The van der Waals surface area contributed by atoms with Gasteiger partial charge in [0.05, 0.1) is 11.4 Å². The molecule has 200 valence electrons. The number of halogens is 1. The fourth-order valence-corrected chi connectivity index (χ4v) is 4.69. The molecule has 0 saturated carbocycles. The molecule has 1 fully saturated rings. The molecule has 1 aliphatic rings. The lowest BCUT2D eigenvalue weighted by Gasteiger charge is -2.35. The Morgan fingerprint density at radius 3 is 2.49 bits per heavy atom. The summed E-state index contributed by atoms with van der Waals surface area (Å²) in [5, 5.41) is 3.28. The number of aryl methyl sites for hydroxylation is 1. The first-order valence-electron chi connectivity index (χ1n) is 13.1. The van der Waals surface area contributed by atoms with Gasteiger partial charge in [0.25, 0.3) is 0 Å². The van der Waals surface area contributed by atoms with Gasteiger partial charge in [0, 0.05) is 67.3 Å². The monoisotopic (exact) mass is 525 g/mol.